The molecule has 0 bridgehead atoms. The van der Waals surface area contributed by atoms with E-state index in [-0.39, 0.29) is 12.4 Å². The molecule has 5 aromatic rings. The molecule has 0 spiro atoms. The van der Waals surface area contributed by atoms with Gasteiger partial charge in [0.1, 0.15) is 12.4 Å². The number of esters is 1. The number of methoxy groups -OCH3 is 1. The molecule has 1 heterocycles. The molecule has 8 nitrogen and oxygen atoms in total. The van der Waals surface area contributed by atoms with E-state index in [0.717, 1.165) is 27.5 Å². The summed E-state index contributed by atoms with van der Waals surface area (Å²) in [4.78, 5) is 17.6. The third kappa shape index (κ3) is 5.78. The molecule has 4 aromatic carbocycles. The molecular formula is C30H27N3O5S. The first kappa shape index (κ1) is 26.0. The molecule has 0 saturated heterocycles. The Morgan fingerprint density at radius 1 is 0.872 bits per heavy atom. The van der Waals surface area contributed by atoms with Gasteiger partial charge in [0.15, 0.2) is 0 Å². The zero-order valence-corrected chi connectivity index (χ0v) is 22.3. The Labute approximate surface area is 226 Å². The van der Waals surface area contributed by atoms with Gasteiger partial charge in [-0.2, -0.15) is 0 Å². The Balaban J connectivity index is 1.51. The Morgan fingerprint density at radius 3 is 2.38 bits per heavy atom. The van der Waals surface area contributed by atoms with Gasteiger partial charge < -0.3 is 14.8 Å². The summed E-state index contributed by atoms with van der Waals surface area (Å²) in [5, 5.41) is 5.12. The zero-order chi connectivity index (χ0) is 27.4. The van der Waals surface area contributed by atoms with E-state index in [2.05, 4.69) is 10.0 Å². The predicted molar refractivity (Wildman–Crippen MR) is 154 cm³/mol. The number of sulfonamides is 1. The molecule has 1 aromatic heterocycles. The highest BCUT2D eigenvalue weighted by atomic mass is 32.2. The lowest BCUT2D eigenvalue weighted by molar-refractivity contribution is 0.0473. The summed E-state index contributed by atoms with van der Waals surface area (Å²) in [6.07, 6.45) is 0. The molecule has 0 aliphatic rings. The maximum absolute atomic E-state index is 12.8. The van der Waals surface area contributed by atoms with Crippen molar-refractivity contribution in [2.24, 2.45) is 0 Å². The zero-order valence-electron chi connectivity index (χ0n) is 21.5. The van der Waals surface area contributed by atoms with Crippen molar-refractivity contribution in [3.63, 3.8) is 0 Å². The van der Waals surface area contributed by atoms with Gasteiger partial charge in [0.2, 0.25) is 10.0 Å². The van der Waals surface area contributed by atoms with Crippen LogP contribution in [-0.2, 0) is 21.4 Å². The van der Waals surface area contributed by atoms with Gasteiger partial charge in [0, 0.05) is 16.8 Å². The first-order chi connectivity index (χ1) is 18.9. The minimum absolute atomic E-state index is 0.0356. The van der Waals surface area contributed by atoms with Crippen LogP contribution in [0.25, 0.3) is 21.8 Å². The molecule has 0 fully saturated rings. The average Bonchev–Trinajstić information content (AvgIpc) is 2.96. The molecule has 9 heteroatoms. The number of benzene rings is 4. The topological polar surface area (TPSA) is 107 Å². The SMILES string of the molecule is CCS(=O)(=O)Nc1ccc(Nc2c3ccccc3nc3cc(C(=O)OCc4ccccc4)ccc23)c(OC)c1. The molecular weight excluding hydrogens is 514 g/mol. The van der Waals surface area contributed by atoms with Gasteiger partial charge in [-0.1, -0.05) is 48.5 Å². The highest BCUT2D eigenvalue weighted by Gasteiger charge is 2.16. The van der Waals surface area contributed by atoms with Crippen LogP contribution >= 0.6 is 0 Å². The van der Waals surface area contributed by atoms with Crippen molar-refractivity contribution >= 4 is 54.9 Å². The van der Waals surface area contributed by atoms with Crippen LogP contribution in [-0.4, -0.2) is 32.2 Å². The number of hydrogen-bond acceptors (Lipinski definition) is 7. The van der Waals surface area contributed by atoms with Crippen molar-refractivity contribution in [3.05, 3.63) is 102 Å². The van der Waals surface area contributed by atoms with Gasteiger partial charge >= 0.3 is 5.97 Å². The molecule has 0 saturated carbocycles. The molecule has 0 unspecified atom stereocenters. The largest absolute Gasteiger partial charge is 0.494 e. The number of aromatic nitrogens is 1. The summed E-state index contributed by atoms with van der Waals surface area (Å²) in [7, 11) is -1.91. The van der Waals surface area contributed by atoms with Crippen molar-refractivity contribution in [2.75, 3.05) is 22.9 Å². The van der Waals surface area contributed by atoms with Crippen LogP contribution in [0.1, 0.15) is 22.8 Å². The second-order valence-electron chi connectivity index (χ2n) is 8.84. The van der Waals surface area contributed by atoms with Gasteiger partial charge in [-0.15, -0.1) is 0 Å². The van der Waals surface area contributed by atoms with Gasteiger partial charge in [-0.25, -0.2) is 18.2 Å². The van der Waals surface area contributed by atoms with Crippen LogP contribution in [0.5, 0.6) is 5.75 Å². The van der Waals surface area contributed by atoms with E-state index in [1.807, 2.05) is 60.7 Å². The van der Waals surface area contributed by atoms with Gasteiger partial charge in [0.05, 0.1) is 46.5 Å². The Bertz CT molecular complexity index is 1770. The average molecular weight is 542 g/mol. The van der Waals surface area contributed by atoms with E-state index < -0.39 is 16.0 Å². The quantitative estimate of drug-likeness (QED) is 0.168. The Kier molecular flexibility index (Phi) is 7.33. The van der Waals surface area contributed by atoms with Crippen molar-refractivity contribution in [1.82, 2.24) is 4.98 Å². The van der Waals surface area contributed by atoms with Crippen molar-refractivity contribution in [1.29, 1.82) is 0 Å². The highest BCUT2D eigenvalue weighted by molar-refractivity contribution is 7.92. The van der Waals surface area contributed by atoms with Crippen LogP contribution in [0.2, 0.25) is 0 Å². The molecule has 0 radical (unpaired) electrons. The normalized spacial score (nSPS) is 11.3. The number of carbonyl (C=O) groups excluding carboxylic acids is 1. The smallest absolute Gasteiger partial charge is 0.338 e. The lowest BCUT2D eigenvalue weighted by atomic mass is 10.0. The molecule has 0 atom stereocenters. The van der Waals surface area contributed by atoms with Gasteiger partial charge in [0.25, 0.3) is 0 Å². The lowest BCUT2D eigenvalue weighted by Crippen LogP contribution is -2.14. The molecule has 0 aliphatic heterocycles. The number of nitrogens with one attached hydrogen (secondary N) is 2. The van der Waals surface area contributed by atoms with E-state index in [1.165, 1.54) is 7.11 Å². The lowest BCUT2D eigenvalue weighted by Gasteiger charge is -2.17. The maximum atomic E-state index is 12.8. The first-order valence-corrected chi connectivity index (χ1v) is 14.0. The summed E-state index contributed by atoms with van der Waals surface area (Å²) in [6.45, 7) is 1.75. The summed E-state index contributed by atoms with van der Waals surface area (Å²) in [5.74, 6) is -0.00926. The summed E-state index contributed by atoms with van der Waals surface area (Å²) >= 11 is 0. The van der Waals surface area contributed by atoms with E-state index in [1.54, 1.807) is 37.3 Å². The van der Waals surface area contributed by atoms with E-state index in [4.69, 9.17) is 14.5 Å². The molecule has 2 N–H and O–H groups in total. The van der Waals surface area contributed by atoms with E-state index >= 15 is 0 Å². The number of hydrogen-bond donors (Lipinski definition) is 2. The second kappa shape index (κ2) is 11.0. The van der Waals surface area contributed by atoms with Crippen molar-refractivity contribution < 1.29 is 22.7 Å². The number of para-hydroxylation sites is 1. The number of pyridine rings is 1. The maximum Gasteiger partial charge on any atom is 0.338 e. The minimum Gasteiger partial charge on any atom is -0.494 e. The predicted octanol–water partition coefficient (Wildman–Crippen LogP) is 6.26. The minimum atomic E-state index is -3.43. The molecule has 39 heavy (non-hydrogen) atoms. The van der Waals surface area contributed by atoms with Crippen LogP contribution in [0.15, 0.2) is 91.0 Å². The molecule has 5 rings (SSSR count). The monoisotopic (exact) mass is 541 g/mol. The summed E-state index contributed by atoms with van der Waals surface area (Å²) < 4.78 is 37.7. The third-order valence-electron chi connectivity index (χ3n) is 6.24. The molecule has 198 valence electrons. The van der Waals surface area contributed by atoms with Crippen LogP contribution in [0, 0.1) is 0 Å². The van der Waals surface area contributed by atoms with E-state index in [0.29, 0.717) is 28.2 Å². The number of ether oxygens (including phenoxy) is 2. The summed E-state index contributed by atoms with van der Waals surface area (Å²) in [5.41, 5.74) is 4.50. The van der Waals surface area contributed by atoms with Crippen LogP contribution in [0.3, 0.4) is 0 Å². The third-order valence-corrected chi connectivity index (χ3v) is 7.55. The number of nitrogens with zero attached hydrogens (tertiary/aromatic N) is 1. The van der Waals surface area contributed by atoms with E-state index in [9.17, 15) is 13.2 Å². The molecule has 0 amide bonds. The second-order valence-corrected chi connectivity index (χ2v) is 10.9. The van der Waals surface area contributed by atoms with Crippen molar-refractivity contribution in [3.8, 4) is 5.75 Å². The number of anilines is 3. The fourth-order valence-corrected chi connectivity index (χ4v) is 4.84. The molecule has 0 aliphatic carbocycles. The van der Waals surface area contributed by atoms with Gasteiger partial charge in [-0.3, -0.25) is 4.72 Å². The standard InChI is InChI=1S/C30H27N3O5S/c1-3-39(35,36)33-22-14-16-26(28(18-22)37-2)32-29-23-11-7-8-12-25(23)31-27-17-21(13-15-24(27)29)30(34)38-19-20-9-5-4-6-10-20/h4-18,33H,3,19H2,1-2H3,(H,31,32). The van der Waals surface area contributed by atoms with Crippen LogP contribution < -0.4 is 14.8 Å². The summed E-state index contributed by atoms with van der Waals surface area (Å²) in [6, 6.07) is 27.5. The van der Waals surface area contributed by atoms with Crippen LogP contribution in [0.4, 0.5) is 17.1 Å². The number of fused-ring (bicyclic) bond motifs is 2. The number of carbonyl (C=O) groups is 1. The highest BCUT2D eigenvalue weighted by Crippen LogP contribution is 2.37. The Hall–Kier alpha value is -4.63. The Morgan fingerprint density at radius 2 is 1.62 bits per heavy atom. The fraction of sp³-hybridized carbons (Fsp3) is 0.133. The first-order valence-electron chi connectivity index (χ1n) is 12.4. The van der Waals surface area contributed by atoms with Gasteiger partial charge in [-0.05, 0) is 48.9 Å². The number of rotatable bonds is 9. The van der Waals surface area contributed by atoms with Crippen molar-refractivity contribution in [2.45, 2.75) is 13.5 Å². The fourth-order valence-electron chi connectivity index (χ4n) is 4.21.